The number of hydrogen-bond acceptors (Lipinski definition) is 3. The molecule has 0 fully saturated rings. The molecule has 0 aliphatic heterocycles. The predicted molar refractivity (Wildman–Crippen MR) is 62.2 cm³/mol. The van der Waals surface area contributed by atoms with Gasteiger partial charge in [-0.2, -0.15) is 0 Å². The Hall–Kier alpha value is -1.33. The highest BCUT2D eigenvalue weighted by Crippen LogP contribution is 2.26. The van der Waals surface area contributed by atoms with Gasteiger partial charge in [0.1, 0.15) is 0 Å². The summed E-state index contributed by atoms with van der Waals surface area (Å²) in [6, 6.07) is 7.25. The first kappa shape index (κ1) is 11.2. The molecule has 0 amide bonds. The zero-order chi connectivity index (χ0) is 11.8. The topological polar surface area (TPSA) is 70.2 Å². The molecular formula is C11H13NO3S. The summed E-state index contributed by atoms with van der Waals surface area (Å²) in [5.74, 6) is -0.240. The Labute approximate surface area is 93.8 Å². The van der Waals surface area contributed by atoms with Gasteiger partial charge in [-0.1, -0.05) is 18.2 Å². The van der Waals surface area contributed by atoms with Crippen molar-refractivity contribution in [3.63, 3.8) is 0 Å². The third-order valence-corrected chi connectivity index (χ3v) is 4.37. The molecule has 4 nitrogen and oxygen atoms in total. The number of aryl methyl sites for hydroxylation is 1. The quantitative estimate of drug-likeness (QED) is 0.846. The van der Waals surface area contributed by atoms with Crippen LogP contribution in [0, 0.1) is 6.92 Å². The van der Waals surface area contributed by atoms with Gasteiger partial charge in [0.2, 0.25) is 0 Å². The SMILES string of the molecule is Cc1[nH]c2ccccc2c1S(=O)(=O)CCO. The first-order valence-corrected chi connectivity index (χ1v) is 6.62. The summed E-state index contributed by atoms with van der Waals surface area (Å²) in [7, 11) is -3.41. The van der Waals surface area contributed by atoms with E-state index < -0.39 is 9.84 Å². The number of para-hydroxylation sites is 1. The minimum Gasteiger partial charge on any atom is -0.395 e. The first-order valence-electron chi connectivity index (χ1n) is 4.97. The van der Waals surface area contributed by atoms with E-state index in [9.17, 15) is 8.42 Å². The maximum Gasteiger partial charge on any atom is 0.183 e. The third kappa shape index (κ3) is 1.72. The number of fused-ring (bicyclic) bond motifs is 1. The Balaban J connectivity index is 2.73. The molecule has 0 aliphatic carbocycles. The molecule has 0 atom stereocenters. The molecule has 2 N–H and O–H groups in total. The zero-order valence-electron chi connectivity index (χ0n) is 8.90. The van der Waals surface area contributed by atoms with Crippen molar-refractivity contribution in [3.05, 3.63) is 30.0 Å². The number of aromatic amines is 1. The lowest BCUT2D eigenvalue weighted by molar-refractivity contribution is 0.319. The number of aliphatic hydroxyl groups is 1. The standard InChI is InChI=1S/C11H13NO3S/c1-8-11(16(14,15)7-6-13)9-4-2-3-5-10(9)12-8/h2-5,12-13H,6-7H2,1H3. The fourth-order valence-electron chi connectivity index (χ4n) is 1.87. The van der Waals surface area contributed by atoms with E-state index in [1.807, 2.05) is 12.1 Å². The summed E-state index contributed by atoms with van der Waals surface area (Å²) in [4.78, 5) is 3.33. The van der Waals surface area contributed by atoms with Crippen LogP contribution in [0.25, 0.3) is 10.9 Å². The number of aromatic nitrogens is 1. The van der Waals surface area contributed by atoms with Gasteiger partial charge in [-0.25, -0.2) is 8.42 Å². The van der Waals surface area contributed by atoms with Crippen molar-refractivity contribution in [1.82, 2.24) is 4.98 Å². The second-order valence-corrected chi connectivity index (χ2v) is 5.71. The fraction of sp³-hybridized carbons (Fsp3) is 0.273. The van der Waals surface area contributed by atoms with E-state index in [1.54, 1.807) is 19.1 Å². The van der Waals surface area contributed by atoms with Crippen molar-refractivity contribution < 1.29 is 13.5 Å². The van der Waals surface area contributed by atoms with E-state index in [4.69, 9.17) is 5.11 Å². The third-order valence-electron chi connectivity index (χ3n) is 2.51. The number of nitrogens with one attached hydrogen (secondary N) is 1. The number of benzene rings is 1. The molecule has 1 heterocycles. The average Bonchev–Trinajstić information content (AvgIpc) is 2.53. The van der Waals surface area contributed by atoms with Gasteiger partial charge in [-0.3, -0.25) is 0 Å². The molecule has 0 saturated heterocycles. The minimum absolute atomic E-state index is 0.240. The fourth-order valence-corrected chi connectivity index (χ4v) is 3.35. The van der Waals surface area contributed by atoms with Crippen LogP contribution in [0.5, 0.6) is 0 Å². The van der Waals surface area contributed by atoms with E-state index in [2.05, 4.69) is 4.98 Å². The molecule has 0 radical (unpaired) electrons. The molecule has 5 heteroatoms. The maximum absolute atomic E-state index is 11.9. The average molecular weight is 239 g/mol. The van der Waals surface area contributed by atoms with Gasteiger partial charge in [0.05, 0.1) is 17.3 Å². The van der Waals surface area contributed by atoms with Crippen LogP contribution in [0.1, 0.15) is 5.69 Å². The highest BCUT2D eigenvalue weighted by molar-refractivity contribution is 7.91. The Morgan fingerprint density at radius 1 is 1.31 bits per heavy atom. The minimum atomic E-state index is -3.41. The lowest BCUT2D eigenvalue weighted by atomic mass is 10.2. The molecule has 0 bridgehead atoms. The van der Waals surface area contributed by atoms with Crippen molar-refractivity contribution in [2.75, 3.05) is 12.4 Å². The van der Waals surface area contributed by atoms with Gasteiger partial charge in [0.15, 0.2) is 9.84 Å². The largest absolute Gasteiger partial charge is 0.395 e. The second kappa shape index (κ2) is 3.92. The van der Waals surface area contributed by atoms with Gasteiger partial charge in [0, 0.05) is 16.6 Å². The van der Waals surface area contributed by atoms with E-state index >= 15 is 0 Å². The van der Waals surface area contributed by atoms with Crippen LogP contribution in [0.3, 0.4) is 0 Å². The summed E-state index contributed by atoms with van der Waals surface area (Å²) in [5.41, 5.74) is 1.42. The Bertz CT molecular complexity index is 613. The summed E-state index contributed by atoms with van der Waals surface area (Å²) in [5, 5.41) is 9.46. The molecule has 16 heavy (non-hydrogen) atoms. The van der Waals surface area contributed by atoms with Gasteiger partial charge in [-0.05, 0) is 13.0 Å². The Morgan fingerprint density at radius 3 is 2.69 bits per heavy atom. The van der Waals surface area contributed by atoms with Crippen molar-refractivity contribution >= 4 is 20.7 Å². The van der Waals surface area contributed by atoms with E-state index in [1.165, 1.54) is 0 Å². The van der Waals surface area contributed by atoms with E-state index in [-0.39, 0.29) is 12.4 Å². The van der Waals surface area contributed by atoms with Crippen molar-refractivity contribution in [2.45, 2.75) is 11.8 Å². The van der Waals surface area contributed by atoms with Gasteiger partial charge < -0.3 is 10.1 Å². The van der Waals surface area contributed by atoms with Crippen LogP contribution >= 0.6 is 0 Å². The molecule has 1 aromatic carbocycles. The lowest BCUT2D eigenvalue weighted by Crippen LogP contribution is -2.10. The number of rotatable bonds is 3. The molecule has 0 unspecified atom stereocenters. The Morgan fingerprint density at radius 2 is 2.00 bits per heavy atom. The van der Waals surface area contributed by atoms with Crippen LogP contribution in [0.2, 0.25) is 0 Å². The zero-order valence-corrected chi connectivity index (χ0v) is 9.71. The molecule has 0 aliphatic rings. The summed E-state index contributed by atoms with van der Waals surface area (Å²) >= 11 is 0. The van der Waals surface area contributed by atoms with Crippen molar-refractivity contribution in [2.24, 2.45) is 0 Å². The van der Waals surface area contributed by atoms with Crippen molar-refractivity contribution in [3.8, 4) is 0 Å². The van der Waals surface area contributed by atoms with Gasteiger partial charge in [-0.15, -0.1) is 0 Å². The molecule has 86 valence electrons. The number of hydrogen-bond donors (Lipinski definition) is 2. The summed E-state index contributed by atoms with van der Waals surface area (Å²) in [6.45, 7) is 1.37. The normalized spacial score (nSPS) is 12.1. The predicted octanol–water partition coefficient (Wildman–Crippen LogP) is 1.24. The maximum atomic E-state index is 11.9. The first-order chi connectivity index (χ1) is 7.56. The Kier molecular flexibility index (Phi) is 2.73. The molecule has 2 aromatic rings. The van der Waals surface area contributed by atoms with Crippen LogP contribution in [0.4, 0.5) is 0 Å². The molecule has 0 saturated carbocycles. The van der Waals surface area contributed by atoms with Crippen molar-refractivity contribution in [1.29, 1.82) is 0 Å². The van der Waals surface area contributed by atoms with Gasteiger partial charge >= 0.3 is 0 Å². The van der Waals surface area contributed by atoms with Crippen LogP contribution < -0.4 is 0 Å². The van der Waals surface area contributed by atoms with E-state index in [0.29, 0.717) is 16.0 Å². The highest BCUT2D eigenvalue weighted by Gasteiger charge is 2.21. The van der Waals surface area contributed by atoms with Gasteiger partial charge in [0.25, 0.3) is 0 Å². The highest BCUT2D eigenvalue weighted by atomic mass is 32.2. The van der Waals surface area contributed by atoms with Crippen LogP contribution in [-0.2, 0) is 9.84 Å². The van der Waals surface area contributed by atoms with Crippen LogP contribution in [-0.4, -0.2) is 30.9 Å². The summed E-state index contributed by atoms with van der Waals surface area (Å²) in [6.07, 6.45) is 0. The van der Waals surface area contributed by atoms with E-state index in [0.717, 1.165) is 5.52 Å². The van der Waals surface area contributed by atoms with Crippen LogP contribution in [0.15, 0.2) is 29.2 Å². The smallest absolute Gasteiger partial charge is 0.183 e. The second-order valence-electron chi connectivity index (χ2n) is 3.67. The molecular weight excluding hydrogens is 226 g/mol. The number of H-pyrrole nitrogens is 1. The lowest BCUT2D eigenvalue weighted by Gasteiger charge is -2.01. The number of aliphatic hydroxyl groups excluding tert-OH is 1. The summed E-state index contributed by atoms with van der Waals surface area (Å²) < 4.78 is 23.9. The number of sulfone groups is 1. The molecule has 2 rings (SSSR count). The molecule has 1 aromatic heterocycles. The molecule has 0 spiro atoms. The monoisotopic (exact) mass is 239 g/mol.